The first-order valence-electron chi connectivity index (χ1n) is 18.0. The molecule has 0 radical (unpaired) electrons. The number of hydrogen-bond acceptors (Lipinski definition) is 3. The Morgan fingerprint density at radius 1 is 0.524 bits per heavy atom. The van der Waals surface area contributed by atoms with Crippen LogP contribution in [0.5, 0.6) is 0 Å². The number of hydrogen-bond donors (Lipinski definition) is 1. The van der Waals surface area contributed by atoms with Gasteiger partial charge in [-0.05, 0) is 77.0 Å². The van der Waals surface area contributed by atoms with Gasteiger partial charge in [-0.15, -0.1) is 0 Å². The Labute approximate surface area is 260 Å². The van der Waals surface area contributed by atoms with Crippen molar-refractivity contribution in [3.05, 3.63) is 36.5 Å². The number of unbranched alkanes of at least 4 members (excludes halogenated alkanes) is 20. The van der Waals surface area contributed by atoms with Crippen LogP contribution in [0, 0.1) is 0 Å². The molecule has 0 aromatic rings. The van der Waals surface area contributed by atoms with Crippen molar-refractivity contribution < 1.29 is 19.4 Å². The van der Waals surface area contributed by atoms with Crippen molar-refractivity contribution in [2.24, 2.45) is 0 Å². The lowest BCUT2D eigenvalue weighted by molar-refractivity contribution is -0.164. The lowest BCUT2D eigenvalue weighted by Crippen LogP contribution is -2.27. The Balaban J connectivity index is 3.58. The molecule has 0 aromatic carbocycles. The second-order valence-electron chi connectivity index (χ2n) is 12.0. The molecule has 1 atom stereocenters. The van der Waals surface area contributed by atoms with Crippen LogP contribution in [0.2, 0.25) is 0 Å². The van der Waals surface area contributed by atoms with Gasteiger partial charge in [0.25, 0.3) is 0 Å². The van der Waals surface area contributed by atoms with Gasteiger partial charge in [0.2, 0.25) is 0 Å². The standard InChI is InChI=1S/C38H68O4/c1-3-5-7-9-11-13-15-16-17-18-19-20-21-22-23-24-25-27-29-31-33-35-37(39)42-36(38(40)41)34-32-30-28-26-14-12-10-8-6-4-2/h11,13,16-17,22-23,36H,3-10,12,14-15,18-21,24-35H2,1-2H3,(H,40,41)/b13-11-,17-16-,23-22-. The van der Waals surface area contributed by atoms with Crippen LogP contribution < -0.4 is 0 Å². The zero-order chi connectivity index (χ0) is 30.8. The Morgan fingerprint density at radius 2 is 0.905 bits per heavy atom. The molecule has 0 aliphatic carbocycles. The van der Waals surface area contributed by atoms with Crippen LogP contribution in [0.25, 0.3) is 0 Å². The third-order valence-electron chi connectivity index (χ3n) is 7.86. The van der Waals surface area contributed by atoms with Crippen molar-refractivity contribution in [1.29, 1.82) is 0 Å². The number of aliphatic carboxylic acids is 1. The van der Waals surface area contributed by atoms with Gasteiger partial charge in [-0.3, -0.25) is 4.79 Å². The average Bonchev–Trinajstić information content (AvgIpc) is 2.98. The van der Waals surface area contributed by atoms with Gasteiger partial charge in [-0.1, -0.05) is 140 Å². The molecule has 0 saturated carbocycles. The first-order valence-corrected chi connectivity index (χ1v) is 18.0. The summed E-state index contributed by atoms with van der Waals surface area (Å²) in [5.74, 6) is -1.37. The maximum atomic E-state index is 12.1. The van der Waals surface area contributed by atoms with Gasteiger partial charge in [-0.25, -0.2) is 4.79 Å². The van der Waals surface area contributed by atoms with E-state index in [1.54, 1.807) is 0 Å². The first kappa shape index (κ1) is 40.2. The summed E-state index contributed by atoms with van der Waals surface area (Å²) in [6, 6.07) is 0. The number of carboxylic acid groups (broad SMARTS) is 1. The molecule has 0 heterocycles. The van der Waals surface area contributed by atoms with E-state index in [-0.39, 0.29) is 5.97 Å². The fraction of sp³-hybridized carbons (Fsp3) is 0.789. The zero-order valence-electron chi connectivity index (χ0n) is 27.8. The van der Waals surface area contributed by atoms with E-state index < -0.39 is 12.1 Å². The molecule has 0 amide bonds. The van der Waals surface area contributed by atoms with E-state index in [0.29, 0.717) is 12.8 Å². The highest BCUT2D eigenvalue weighted by atomic mass is 16.6. The number of allylic oxidation sites excluding steroid dienone is 6. The lowest BCUT2D eigenvalue weighted by atomic mass is 10.0. The van der Waals surface area contributed by atoms with Crippen molar-refractivity contribution in [3.63, 3.8) is 0 Å². The van der Waals surface area contributed by atoms with Crippen molar-refractivity contribution in [2.75, 3.05) is 0 Å². The van der Waals surface area contributed by atoms with E-state index in [2.05, 4.69) is 50.3 Å². The zero-order valence-corrected chi connectivity index (χ0v) is 27.8. The molecule has 1 unspecified atom stereocenters. The highest BCUT2D eigenvalue weighted by Crippen LogP contribution is 2.15. The smallest absolute Gasteiger partial charge is 0.345 e. The molecule has 0 bridgehead atoms. The molecule has 0 spiro atoms. The fourth-order valence-electron chi connectivity index (χ4n) is 5.11. The molecule has 0 aliphatic rings. The van der Waals surface area contributed by atoms with Gasteiger partial charge in [0.1, 0.15) is 0 Å². The predicted molar refractivity (Wildman–Crippen MR) is 181 cm³/mol. The quantitative estimate of drug-likeness (QED) is 0.0482. The molecule has 0 fully saturated rings. The molecule has 4 heteroatoms. The molecular formula is C38H68O4. The predicted octanol–water partition coefficient (Wildman–Crippen LogP) is 12.2. The van der Waals surface area contributed by atoms with Gasteiger partial charge < -0.3 is 9.84 Å². The van der Waals surface area contributed by atoms with Gasteiger partial charge in [0.15, 0.2) is 6.10 Å². The molecule has 0 rings (SSSR count). The maximum Gasteiger partial charge on any atom is 0.345 e. The van der Waals surface area contributed by atoms with Crippen molar-refractivity contribution in [3.8, 4) is 0 Å². The minimum Gasteiger partial charge on any atom is -0.479 e. The van der Waals surface area contributed by atoms with Crippen molar-refractivity contribution in [2.45, 2.75) is 193 Å². The van der Waals surface area contributed by atoms with Crippen molar-refractivity contribution in [1.82, 2.24) is 0 Å². The topological polar surface area (TPSA) is 63.6 Å². The second-order valence-corrected chi connectivity index (χ2v) is 12.0. The van der Waals surface area contributed by atoms with Gasteiger partial charge in [-0.2, -0.15) is 0 Å². The monoisotopic (exact) mass is 589 g/mol. The highest BCUT2D eigenvalue weighted by Gasteiger charge is 2.21. The van der Waals surface area contributed by atoms with Crippen LogP contribution >= 0.6 is 0 Å². The highest BCUT2D eigenvalue weighted by molar-refractivity contribution is 5.77. The third-order valence-corrected chi connectivity index (χ3v) is 7.86. The summed E-state index contributed by atoms with van der Waals surface area (Å²) in [4.78, 5) is 23.6. The summed E-state index contributed by atoms with van der Waals surface area (Å²) in [6.07, 6.45) is 43.2. The number of carbonyl (C=O) groups is 2. The van der Waals surface area contributed by atoms with E-state index in [1.807, 2.05) is 0 Å². The molecular weight excluding hydrogens is 520 g/mol. The maximum absolute atomic E-state index is 12.1. The number of rotatable bonds is 32. The third kappa shape index (κ3) is 31.1. The number of ether oxygens (including phenoxy) is 1. The summed E-state index contributed by atoms with van der Waals surface area (Å²) in [5, 5.41) is 9.42. The van der Waals surface area contributed by atoms with Crippen LogP contribution in [0.1, 0.15) is 187 Å². The van der Waals surface area contributed by atoms with Gasteiger partial charge in [0.05, 0.1) is 0 Å². The van der Waals surface area contributed by atoms with Crippen LogP contribution in [0.15, 0.2) is 36.5 Å². The number of carboxylic acids is 1. The van der Waals surface area contributed by atoms with E-state index in [1.165, 1.54) is 109 Å². The summed E-state index contributed by atoms with van der Waals surface area (Å²) in [5.41, 5.74) is 0. The summed E-state index contributed by atoms with van der Waals surface area (Å²) in [6.45, 7) is 4.48. The van der Waals surface area contributed by atoms with Crippen molar-refractivity contribution >= 4 is 11.9 Å². The normalized spacial score (nSPS) is 12.6. The van der Waals surface area contributed by atoms with E-state index in [0.717, 1.165) is 51.4 Å². The largest absolute Gasteiger partial charge is 0.479 e. The van der Waals surface area contributed by atoms with E-state index in [9.17, 15) is 14.7 Å². The van der Waals surface area contributed by atoms with Crippen LogP contribution in [-0.2, 0) is 14.3 Å². The Bertz CT molecular complexity index is 679. The SMILES string of the molecule is CCCCC/C=C\C/C=C\CCCC/C=C\CCCCCCCC(=O)OC(CCCCCCCCCCCC)C(=O)O. The summed E-state index contributed by atoms with van der Waals surface area (Å²) >= 11 is 0. The Hall–Kier alpha value is -1.84. The van der Waals surface area contributed by atoms with E-state index in [4.69, 9.17) is 4.74 Å². The molecule has 42 heavy (non-hydrogen) atoms. The van der Waals surface area contributed by atoms with Crippen LogP contribution in [0.3, 0.4) is 0 Å². The fourth-order valence-corrected chi connectivity index (χ4v) is 5.11. The minimum absolute atomic E-state index is 0.326. The average molecular weight is 589 g/mol. The molecule has 244 valence electrons. The van der Waals surface area contributed by atoms with E-state index >= 15 is 0 Å². The van der Waals surface area contributed by atoms with Gasteiger partial charge in [0, 0.05) is 6.42 Å². The van der Waals surface area contributed by atoms with Crippen LogP contribution in [-0.4, -0.2) is 23.1 Å². The minimum atomic E-state index is -1.01. The molecule has 4 nitrogen and oxygen atoms in total. The van der Waals surface area contributed by atoms with Gasteiger partial charge >= 0.3 is 11.9 Å². The number of esters is 1. The van der Waals surface area contributed by atoms with Crippen LogP contribution in [0.4, 0.5) is 0 Å². The molecule has 1 N–H and O–H groups in total. The number of carbonyl (C=O) groups excluding carboxylic acids is 1. The summed E-state index contributed by atoms with van der Waals surface area (Å²) < 4.78 is 5.28. The molecule has 0 aliphatic heterocycles. The summed E-state index contributed by atoms with van der Waals surface area (Å²) in [7, 11) is 0. The molecule has 0 aromatic heterocycles. The Kier molecular flexibility index (Phi) is 32.2. The Morgan fingerprint density at radius 3 is 1.43 bits per heavy atom. The second kappa shape index (κ2) is 33.7. The first-order chi connectivity index (χ1) is 20.6. The lowest BCUT2D eigenvalue weighted by Gasteiger charge is -2.13. The molecule has 0 saturated heterocycles.